The Hall–Kier alpha value is -1.86. The van der Waals surface area contributed by atoms with Crippen LogP contribution in [-0.2, 0) is 4.74 Å². The molecule has 2 aliphatic heterocycles. The number of nitrogens with two attached hydrogens (primary N) is 1. The van der Waals surface area contributed by atoms with Gasteiger partial charge in [0.1, 0.15) is 5.60 Å². The lowest BCUT2D eigenvalue weighted by atomic mass is 10.0. The molecular formula is C28H43Cl3N4O2. The summed E-state index contributed by atoms with van der Waals surface area (Å²) in [6, 6.07) is 16.5. The van der Waals surface area contributed by atoms with Gasteiger partial charge in [-0.15, -0.1) is 12.4 Å². The molecule has 0 saturated carbocycles. The van der Waals surface area contributed by atoms with Gasteiger partial charge in [-0.25, -0.2) is 4.79 Å². The van der Waals surface area contributed by atoms with Crippen molar-refractivity contribution in [3.8, 4) is 0 Å². The van der Waals surface area contributed by atoms with E-state index in [4.69, 9.17) is 33.7 Å². The molecule has 0 aromatic heterocycles. The molecule has 208 valence electrons. The van der Waals surface area contributed by atoms with Crippen LogP contribution >= 0.6 is 35.6 Å². The first-order chi connectivity index (χ1) is 16.6. The zero-order valence-corrected chi connectivity index (χ0v) is 23.7. The molecule has 0 unspecified atom stereocenters. The van der Waals surface area contributed by atoms with Crippen molar-refractivity contribution in [3.63, 3.8) is 0 Å². The summed E-state index contributed by atoms with van der Waals surface area (Å²) in [5.74, 6) is 0. The SMILES string of the molecule is C.CC(C)(C)OC(=O)NC1CCN(c2ccc(Cl)cc2)CC1.Cl.NC1CCN(c2ccc(Cl)cc2)CC1. The predicted octanol–water partition coefficient (Wildman–Crippen LogP) is 7.16. The number of nitrogens with one attached hydrogen (secondary N) is 1. The molecular weight excluding hydrogens is 531 g/mol. The standard InChI is InChI=1S/C16H23ClN2O2.C11H15ClN2.CH4.ClH/c1-16(2,3)21-15(20)18-13-8-10-19(11-9-13)14-6-4-12(17)5-7-14;12-9-1-3-11(4-2-9)14-7-5-10(13)6-8-14;;/h4-7,13H,8-11H2,1-3H3,(H,18,20);1-4,10H,5-8,13H2;1H4;1H. The fourth-order valence-electron chi connectivity index (χ4n) is 4.22. The molecule has 37 heavy (non-hydrogen) atoms. The lowest BCUT2D eigenvalue weighted by Gasteiger charge is -2.34. The van der Waals surface area contributed by atoms with E-state index in [0.29, 0.717) is 6.04 Å². The fraction of sp³-hybridized carbons (Fsp3) is 0.536. The van der Waals surface area contributed by atoms with Crippen LogP contribution in [0.5, 0.6) is 0 Å². The van der Waals surface area contributed by atoms with Crippen molar-refractivity contribution in [1.29, 1.82) is 0 Å². The molecule has 4 rings (SSSR count). The zero-order valence-electron chi connectivity index (χ0n) is 21.4. The third-order valence-electron chi connectivity index (χ3n) is 6.14. The number of anilines is 2. The van der Waals surface area contributed by atoms with Crippen LogP contribution in [0.15, 0.2) is 48.5 Å². The van der Waals surface area contributed by atoms with Crippen molar-refractivity contribution in [1.82, 2.24) is 5.32 Å². The molecule has 2 heterocycles. The van der Waals surface area contributed by atoms with E-state index in [1.165, 1.54) is 11.4 Å². The molecule has 0 spiro atoms. The largest absolute Gasteiger partial charge is 0.444 e. The van der Waals surface area contributed by atoms with Gasteiger partial charge in [-0.3, -0.25) is 0 Å². The van der Waals surface area contributed by atoms with E-state index in [2.05, 4.69) is 27.2 Å². The van der Waals surface area contributed by atoms with Gasteiger partial charge in [0.2, 0.25) is 0 Å². The second-order valence-corrected chi connectivity index (χ2v) is 11.1. The maximum atomic E-state index is 11.8. The number of hydrogen-bond acceptors (Lipinski definition) is 5. The Bertz CT molecular complexity index is 920. The molecule has 2 saturated heterocycles. The van der Waals surface area contributed by atoms with Crippen LogP contribution in [0.25, 0.3) is 0 Å². The first-order valence-corrected chi connectivity index (χ1v) is 13.1. The monoisotopic (exact) mass is 572 g/mol. The lowest BCUT2D eigenvalue weighted by Crippen LogP contribution is -2.46. The minimum Gasteiger partial charge on any atom is -0.444 e. The van der Waals surface area contributed by atoms with E-state index in [0.717, 1.165) is 61.9 Å². The van der Waals surface area contributed by atoms with Gasteiger partial charge >= 0.3 is 6.09 Å². The second-order valence-electron chi connectivity index (χ2n) is 10.2. The Kier molecular flexibility index (Phi) is 13.9. The molecule has 2 aliphatic rings. The van der Waals surface area contributed by atoms with Crippen LogP contribution < -0.4 is 20.9 Å². The Morgan fingerprint density at radius 3 is 1.59 bits per heavy atom. The Morgan fingerprint density at radius 1 is 0.838 bits per heavy atom. The maximum Gasteiger partial charge on any atom is 0.407 e. The Labute approximate surface area is 239 Å². The highest BCUT2D eigenvalue weighted by molar-refractivity contribution is 6.30. The molecule has 0 radical (unpaired) electrons. The van der Waals surface area contributed by atoms with Crippen LogP contribution in [0.1, 0.15) is 53.9 Å². The van der Waals surface area contributed by atoms with Crippen LogP contribution in [-0.4, -0.2) is 50.0 Å². The zero-order chi connectivity index (χ0) is 25.4. The quantitative estimate of drug-likeness (QED) is 0.408. The Balaban J connectivity index is 0.000000375. The highest BCUT2D eigenvalue weighted by Crippen LogP contribution is 2.23. The van der Waals surface area contributed by atoms with Gasteiger partial charge in [0.15, 0.2) is 0 Å². The van der Waals surface area contributed by atoms with Gasteiger partial charge in [0, 0.05) is 59.7 Å². The normalized spacial score (nSPS) is 16.5. The number of amides is 1. The average Bonchev–Trinajstić information content (AvgIpc) is 2.80. The summed E-state index contributed by atoms with van der Waals surface area (Å²) in [5, 5.41) is 4.49. The molecule has 3 N–H and O–H groups in total. The number of piperidine rings is 2. The first kappa shape index (κ1) is 33.2. The van der Waals surface area contributed by atoms with Crippen LogP contribution in [0.2, 0.25) is 10.0 Å². The van der Waals surface area contributed by atoms with Crippen molar-refractivity contribution >= 4 is 53.1 Å². The molecule has 0 atom stereocenters. The van der Waals surface area contributed by atoms with E-state index in [9.17, 15) is 4.79 Å². The van der Waals surface area contributed by atoms with E-state index >= 15 is 0 Å². The lowest BCUT2D eigenvalue weighted by molar-refractivity contribution is 0.0497. The summed E-state index contributed by atoms with van der Waals surface area (Å²) in [6.07, 6.45) is 3.68. The maximum absolute atomic E-state index is 11.8. The number of alkyl carbamates (subject to hydrolysis) is 1. The van der Waals surface area contributed by atoms with Gasteiger partial charge < -0.3 is 25.6 Å². The summed E-state index contributed by atoms with van der Waals surface area (Å²) < 4.78 is 5.29. The molecule has 6 nitrogen and oxygen atoms in total. The number of benzene rings is 2. The smallest absolute Gasteiger partial charge is 0.407 e. The third kappa shape index (κ3) is 11.6. The topological polar surface area (TPSA) is 70.8 Å². The van der Waals surface area contributed by atoms with Crippen molar-refractivity contribution < 1.29 is 9.53 Å². The minimum absolute atomic E-state index is 0. The van der Waals surface area contributed by atoms with Gasteiger partial charge in [-0.2, -0.15) is 0 Å². The third-order valence-corrected chi connectivity index (χ3v) is 6.64. The number of carbonyl (C=O) groups is 1. The minimum atomic E-state index is -0.450. The van der Waals surface area contributed by atoms with Crippen LogP contribution in [0.4, 0.5) is 16.2 Å². The second kappa shape index (κ2) is 15.5. The van der Waals surface area contributed by atoms with Crippen molar-refractivity contribution in [3.05, 3.63) is 58.6 Å². The van der Waals surface area contributed by atoms with E-state index < -0.39 is 5.60 Å². The van der Waals surface area contributed by atoms with E-state index in [1.807, 2.05) is 57.2 Å². The van der Waals surface area contributed by atoms with Gasteiger partial charge in [0.25, 0.3) is 0 Å². The van der Waals surface area contributed by atoms with Crippen LogP contribution in [0, 0.1) is 0 Å². The number of rotatable bonds is 3. The summed E-state index contributed by atoms with van der Waals surface area (Å²) in [7, 11) is 0. The van der Waals surface area contributed by atoms with Gasteiger partial charge in [0.05, 0.1) is 0 Å². The molecule has 2 aromatic carbocycles. The first-order valence-electron chi connectivity index (χ1n) is 12.4. The highest BCUT2D eigenvalue weighted by Gasteiger charge is 2.23. The molecule has 1 amide bonds. The van der Waals surface area contributed by atoms with Crippen molar-refractivity contribution in [2.45, 2.75) is 71.6 Å². The Morgan fingerprint density at radius 2 is 1.22 bits per heavy atom. The molecule has 9 heteroatoms. The van der Waals surface area contributed by atoms with E-state index in [1.54, 1.807) is 0 Å². The number of ether oxygens (including phenoxy) is 1. The molecule has 2 aromatic rings. The van der Waals surface area contributed by atoms with Gasteiger partial charge in [-0.1, -0.05) is 30.6 Å². The summed E-state index contributed by atoms with van der Waals surface area (Å²) >= 11 is 11.7. The van der Waals surface area contributed by atoms with E-state index in [-0.39, 0.29) is 32.0 Å². The number of nitrogens with zero attached hydrogens (tertiary/aromatic N) is 2. The molecule has 0 aliphatic carbocycles. The number of halogens is 3. The number of carbonyl (C=O) groups excluding carboxylic acids is 1. The van der Waals surface area contributed by atoms with Gasteiger partial charge in [-0.05, 0) is 95.0 Å². The fourth-order valence-corrected chi connectivity index (χ4v) is 4.47. The summed E-state index contributed by atoms with van der Waals surface area (Å²) in [5.41, 5.74) is 7.83. The molecule has 2 fully saturated rings. The van der Waals surface area contributed by atoms with Crippen molar-refractivity contribution in [2.24, 2.45) is 5.73 Å². The summed E-state index contributed by atoms with van der Waals surface area (Å²) in [4.78, 5) is 16.4. The number of hydrogen-bond donors (Lipinski definition) is 2. The highest BCUT2D eigenvalue weighted by atomic mass is 35.5. The average molecular weight is 574 g/mol. The summed E-state index contributed by atoms with van der Waals surface area (Å²) in [6.45, 7) is 9.57. The molecule has 0 bridgehead atoms. The van der Waals surface area contributed by atoms with Crippen LogP contribution in [0.3, 0.4) is 0 Å². The van der Waals surface area contributed by atoms with Crippen molar-refractivity contribution in [2.75, 3.05) is 36.0 Å². The predicted molar refractivity (Wildman–Crippen MR) is 161 cm³/mol.